The highest BCUT2D eigenvalue weighted by atomic mass is 35.5. The Morgan fingerprint density at radius 1 is 1.55 bits per heavy atom. The van der Waals surface area contributed by atoms with Crippen LogP contribution in [0.3, 0.4) is 0 Å². The summed E-state index contributed by atoms with van der Waals surface area (Å²) in [5.74, 6) is 0.884. The molecule has 0 aromatic rings. The molecular formula is C8H13Cl2N. The fourth-order valence-corrected chi connectivity index (χ4v) is 1.30. The zero-order valence-electron chi connectivity index (χ0n) is 6.45. The number of nitrogens with one attached hydrogen (secondary N) is 1. The van der Waals surface area contributed by atoms with Gasteiger partial charge in [-0.2, -0.15) is 0 Å². The Labute approximate surface area is 77.8 Å². The molecule has 0 radical (unpaired) electrons. The van der Waals surface area contributed by atoms with Gasteiger partial charge in [0.25, 0.3) is 0 Å². The SMILES string of the molecule is ClC=C(Cl)CNCC1CCC1. The maximum atomic E-state index is 5.68. The second-order valence-corrected chi connectivity index (χ2v) is 3.69. The second-order valence-electron chi connectivity index (χ2n) is 2.98. The van der Waals surface area contributed by atoms with Crippen molar-refractivity contribution >= 4 is 23.2 Å². The van der Waals surface area contributed by atoms with Gasteiger partial charge in [-0.3, -0.25) is 0 Å². The van der Waals surface area contributed by atoms with Gasteiger partial charge in [0.15, 0.2) is 0 Å². The van der Waals surface area contributed by atoms with E-state index in [0.717, 1.165) is 12.5 Å². The van der Waals surface area contributed by atoms with Crippen molar-refractivity contribution in [3.05, 3.63) is 10.6 Å². The average Bonchev–Trinajstić information content (AvgIpc) is 1.94. The van der Waals surface area contributed by atoms with Crippen molar-refractivity contribution in [3.8, 4) is 0 Å². The molecule has 0 amide bonds. The van der Waals surface area contributed by atoms with Crippen LogP contribution in [0, 0.1) is 5.92 Å². The first kappa shape index (κ1) is 9.37. The van der Waals surface area contributed by atoms with Crippen molar-refractivity contribution in [1.82, 2.24) is 5.32 Å². The summed E-state index contributed by atoms with van der Waals surface area (Å²) in [6.45, 7) is 1.79. The third-order valence-electron chi connectivity index (χ3n) is 2.07. The minimum Gasteiger partial charge on any atom is -0.311 e. The van der Waals surface area contributed by atoms with E-state index >= 15 is 0 Å². The third kappa shape index (κ3) is 3.46. The van der Waals surface area contributed by atoms with Gasteiger partial charge in [-0.1, -0.05) is 29.6 Å². The van der Waals surface area contributed by atoms with Gasteiger partial charge < -0.3 is 5.32 Å². The molecule has 0 aromatic carbocycles. The van der Waals surface area contributed by atoms with Crippen LogP contribution < -0.4 is 5.32 Å². The molecule has 1 N–H and O–H groups in total. The summed E-state index contributed by atoms with van der Waals surface area (Å²) in [6, 6.07) is 0. The second kappa shape index (κ2) is 5.02. The first-order valence-corrected chi connectivity index (χ1v) is 4.80. The quantitative estimate of drug-likeness (QED) is 0.725. The third-order valence-corrected chi connectivity index (χ3v) is 2.69. The molecule has 1 aliphatic carbocycles. The molecule has 11 heavy (non-hydrogen) atoms. The highest BCUT2D eigenvalue weighted by Gasteiger charge is 2.16. The molecule has 0 heterocycles. The van der Waals surface area contributed by atoms with Gasteiger partial charge in [0.1, 0.15) is 0 Å². The lowest BCUT2D eigenvalue weighted by Crippen LogP contribution is -2.28. The molecule has 1 fully saturated rings. The predicted molar refractivity (Wildman–Crippen MR) is 50.0 cm³/mol. The van der Waals surface area contributed by atoms with Crippen LogP contribution in [0.2, 0.25) is 0 Å². The van der Waals surface area contributed by atoms with Crippen LogP contribution >= 0.6 is 23.2 Å². The van der Waals surface area contributed by atoms with E-state index in [1.807, 2.05) is 0 Å². The minimum absolute atomic E-state index is 0.686. The molecule has 0 saturated heterocycles. The maximum absolute atomic E-state index is 5.68. The van der Waals surface area contributed by atoms with Gasteiger partial charge in [0.05, 0.1) is 0 Å². The van der Waals surface area contributed by atoms with E-state index in [0.29, 0.717) is 11.6 Å². The van der Waals surface area contributed by atoms with Crippen LogP contribution in [0.15, 0.2) is 10.6 Å². The molecule has 3 heteroatoms. The molecule has 0 bridgehead atoms. The van der Waals surface area contributed by atoms with Crippen molar-refractivity contribution in [2.75, 3.05) is 13.1 Å². The van der Waals surface area contributed by atoms with Gasteiger partial charge >= 0.3 is 0 Å². The van der Waals surface area contributed by atoms with Crippen LogP contribution in [0.5, 0.6) is 0 Å². The normalized spacial score (nSPS) is 20.0. The Balaban J connectivity index is 1.95. The van der Waals surface area contributed by atoms with E-state index < -0.39 is 0 Å². The lowest BCUT2D eigenvalue weighted by atomic mass is 9.85. The van der Waals surface area contributed by atoms with Crippen molar-refractivity contribution < 1.29 is 0 Å². The molecule has 1 saturated carbocycles. The molecule has 0 atom stereocenters. The number of hydrogen-bond donors (Lipinski definition) is 1. The van der Waals surface area contributed by atoms with Crippen molar-refractivity contribution in [1.29, 1.82) is 0 Å². The van der Waals surface area contributed by atoms with Crippen LogP contribution in [0.25, 0.3) is 0 Å². The van der Waals surface area contributed by atoms with E-state index in [9.17, 15) is 0 Å². The molecule has 0 aromatic heterocycles. The molecule has 0 aliphatic heterocycles. The summed E-state index contributed by atoms with van der Waals surface area (Å²) in [5, 5.41) is 3.94. The smallest absolute Gasteiger partial charge is 0.0431 e. The van der Waals surface area contributed by atoms with Crippen LogP contribution in [-0.2, 0) is 0 Å². The van der Waals surface area contributed by atoms with Crippen molar-refractivity contribution in [2.45, 2.75) is 19.3 Å². The lowest BCUT2D eigenvalue weighted by molar-refractivity contribution is 0.305. The summed E-state index contributed by atoms with van der Waals surface area (Å²) in [5.41, 5.74) is 1.41. The fraction of sp³-hybridized carbons (Fsp3) is 0.750. The van der Waals surface area contributed by atoms with Gasteiger partial charge in [0.2, 0.25) is 0 Å². The minimum atomic E-state index is 0.686. The molecule has 1 nitrogen and oxygen atoms in total. The Morgan fingerprint density at radius 2 is 2.27 bits per heavy atom. The van der Waals surface area contributed by atoms with E-state index in [1.54, 1.807) is 0 Å². The Morgan fingerprint density at radius 3 is 2.73 bits per heavy atom. The van der Waals surface area contributed by atoms with Gasteiger partial charge in [-0.25, -0.2) is 0 Å². The van der Waals surface area contributed by atoms with Gasteiger partial charge in [-0.15, -0.1) is 0 Å². The van der Waals surface area contributed by atoms with Crippen LogP contribution in [-0.4, -0.2) is 13.1 Å². The molecule has 0 unspecified atom stereocenters. The van der Waals surface area contributed by atoms with E-state index in [-0.39, 0.29) is 0 Å². The maximum Gasteiger partial charge on any atom is 0.0431 e. The van der Waals surface area contributed by atoms with E-state index in [2.05, 4.69) is 5.32 Å². The van der Waals surface area contributed by atoms with Crippen LogP contribution in [0.4, 0.5) is 0 Å². The van der Waals surface area contributed by atoms with Crippen molar-refractivity contribution in [2.24, 2.45) is 5.92 Å². The first-order chi connectivity index (χ1) is 5.33. The lowest BCUT2D eigenvalue weighted by Gasteiger charge is -2.25. The number of halogens is 2. The molecule has 1 aliphatic rings. The summed E-state index contributed by atoms with van der Waals surface area (Å²) in [7, 11) is 0. The van der Waals surface area contributed by atoms with E-state index in [4.69, 9.17) is 23.2 Å². The average molecular weight is 194 g/mol. The highest BCUT2D eigenvalue weighted by Crippen LogP contribution is 2.25. The summed E-state index contributed by atoms with van der Waals surface area (Å²) in [4.78, 5) is 0. The van der Waals surface area contributed by atoms with E-state index in [1.165, 1.54) is 24.8 Å². The standard InChI is InChI=1S/C8H13Cl2N/c9-4-8(10)6-11-5-7-2-1-3-7/h4,7,11H,1-3,5-6H2. The van der Waals surface area contributed by atoms with Crippen molar-refractivity contribution in [3.63, 3.8) is 0 Å². The zero-order valence-corrected chi connectivity index (χ0v) is 7.96. The summed E-state index contributed by atoms with van der Waals surface area (Å²) in [6.07, 6.45) is 4.13. The first-order valence-electron chi connectivity index (χ1n) is 3.98. The molecule has 64 valence electrons. The number of hydrogen-bond acceptors (Lipinski definition) is 1. The monoisotopic (exact) mass is 193 g/mol. The Bertz CT molecular complexity index is 141. The highest BCUT2D eigenvalue weighted by molar-refractivity contribution is 6.36. The topological polar surface area (TPSA) is 12.0 Å². The number of rotatable bonds is 4. The van der Waals surface area contributed by atoms with Gasteiger partial charge in [0, 0.05) is 17.1 Å². The molecule has 1 rings (SSSR count). The summed E-state index contributed by atoms with van der Waals surface area (Å²) < 4.78 is 0. The zero-order chi connectivity index (χ0) is 8.10. The molecule has 0 spiro atoms. The van der Waals surface area contributed by atoms with Crippen LogP contribution in [0.1, 0.15) is 19.3 Å². The largest absolute Gasteiger partial charge is 0.311 e. The Hall–Kier alpha value is 0.280. The summed E-state index contributed by atoms with van der Waals surface area (Å²) >= 11 is 11.1. The molecular weight excluding hydrogens is 181 g/mol. The predicted octanol–water partition coefficient (Wildman–Crippen LogP) is 2.70. The Kier molecular flexibility index (Phi) is 4.28. The fourth-order valence-electron chi connectivity index (χ4n) is 1.13. The van der Waals surface area contributed by atoms with Gasteiger partial charge in [-0.05, 0) is 25.3 Å².